The van der Waals surface area contributed by atoms with E-state index in [0.717, 1.165) is 22.3 Å². The first kappa shape index (κ1) is 18.3. The van der Waals surface area contributed by atoms with Crippen LogP contribution in [0.5, 0.6) is 11.5 Å². The number of anilines is 1. The van der Waals surface area contributed by atoms with Gasteiger partial charge in [0, 0.05) is 10.2 Å². The SMILES string of the molecule is CC(C)CCOc1ccc(NC(=O)COc2ccc(Br)cc2)cc1. The van der Waals surface area contributed by atoms with E-state index in [-0.39, 0.29) is 12.5 Å². The van der Waals surface area contributed by atoms with Gasteiger partial charge in [-0.1, -0.05) is 29.8 Å². The maximum atomic E-state index is 11.9. The van der Waals surface area contributed by atoms with Crippen LogP contribution in [0.2, 0.25) is 0 Å². The van der Waals surface area contributed by atoms with Crippen LogP contribution in [0.25, 0.3) is 0 Å². The number of benzene rings is 2. The van der Waals surface area contributed by atoms with Gasteiger partial charge in [0.25, 0.3) is 5.91 Å². The van der Waals surface area contributed by atoms with Crippen molar-refractivity contribution >= 4 is 27.5 Å². The lowest BCUT2D eigenvalue weighted by atomic mass is 10.1. The van der Waals surface area contributed by atoms with Crippen molar-refractivity contribution in [3.63, 3.8) is 0 Å². The highest BCUT2D eigenvalue weighted by Crippen LogP contribution is 2.18. The largest absolute Gasteiger partial charge is 0.494 e. The predicted octanol–water partition coefficient (Wildman–Crippen LogP) is 4.89. The van der Waals surface area contributed by atoms with E-state index in [2.05, 4.69) is 35.1 Å². The molecule has 128 valence electrons. The minimum absolute atomic E-state index is 0.0335. The standard InChI is InChI=1S/C19H22BrNO3/c1-14(2)11-12-23-17-9-5-16(6-10-17)21-19(22)13-24-18-7-3-15(20)4-8-18/h3-10,14H,11-13H2,1-2H3,(H,21,22). The number of carbonyl (C=O) groups excluding carboxylic acids is 1. The molecule has 24 heavy (non-hydrogen) atoms. The highest BCUT2D eigenvalue weighted by molar-refractivity contribution is 9.10. The fraction of sp³-hybridized carbons (Fsp3) is 0.316. The number of hydrogen-bond acceptors (Lipinski definition) is 3. The van der Waals surface area contributed by atoms with Crippen LogP contribution in [-0.2, 0) is 4.79 Å². The predicted molar refractivity (Wildman–Crippen MR) is 99.7 cm³/mol. The summed E-state index contributed by atoms with van der Waals surface area (Å²) in [5, 5.41) is 2.80. The first-order valence-corrected chi connectivity index (χ1v) is 8.73. The van der Waals surface area contributed by atoms with Gasteiger partial charge < -0.3 is 14.8 Å². The van der Waals surface area contributed by atoms with E-state index in [0.29, 0.717) is 18.3 Å². The van der Waals surface area contributed by atoms with E-state index in [9.17, 15) is 4.79 Å². The Morgan fingerprint density at radius 3 is 2.21 bits per heavy atom. The molecule has 2 rings (SSSR count). The van der Waals surface area contributed by atoms with E-state index in [1.54, 1.807) is 12.1 Å². The molecule has 0 saturated heterocycles. The first-order valence-electron chi connectivity index (χ1n) is 7.94. The molecule has 0 bridgehead atoms. The summed E-state index contributed by atoms with van der Waals surface area (Å²) in [6.45, 7) is 5.00. The summed E-state index contributed by atoms with van der Waals surface area (Å²) >= 11 is 3.35. The van der Waals surface area contributed by atoms with Crippen LogP contribution >= 0.6 is 15.9 Å². The molecule has 0 heterocycles. The van der Waals surface area contributed by atoms with E-state index in [1.807, 2.05) is 36.4 Å². The molecule has 4 nitrogen and oxygen atoms in total. The van der Waals surface area contributed by atoms with Crippen LogP contribution in [0.1, 0.15) is 20.3 Å². The molecule has 0 radical (unpaired) electrons. The van der Waals surface area contributed by atoms with Gasteiger partial charge in [-0.3, -0.25) is 4.79 Å². The Morgan fingerprint density at radius 1 is 1.00 bits per heavy atom. The molecule has 0 aromatic heterocycles. The lowest BCUT2D eigenvalue weighted by molar-refractivity contribution is -0.118. The highest BCUT2D eigenvalue weighted by Gasteiger charge is 2.04. The minimum Gasteiger partial charge on any atom is -0.494 e. The number of hydrogen-bond donors (Lipinski definition) is 1. The number of nitrogens with one attached hydrogen (secondary N) is 1. The number of carbonyl (C=O) groups is 1. The molecule has 1 N–H and O–H groups in total. The molecule has 0 atom stereocenters. The zero-order valence-corrected chi connectivity index (χ0v) is 15.5. The topological polar surface area (TPSA) is 47.6 Å². The number of halogens is 1. The zero-order valence-electron chi connectivity index (χ0n) is 13.9. The van der Waals surface area contributed by atoms with Crippen molar-refractivity contribution in [1.82, 2.24) is 0 Å². The fourth-order valence-electron chi connectivity index (χ4n) is 1.92. The second kappa shape index (κ2) is 9.33. The van der Waals surface area contributed by atoms with Crippen LogP contribution in [0.4, 0.5) is 5.69 Å². The summed E-state index contributed by atoms with van der Waals surface area (Å²) < 4.78 is 12.1. The number of rotatable bonds is 8. The summed E-state index contributed by atoms with van der Waals surface area (Å²) in [5.41, 5.74) is 0.718. The molecule has 2 aromatic rings. The molecular weight excluding hydrogens is 370 g/mol. The zero-order chi connectivity index (χ0) is 17.4. The summed E-state index contributed by atoms with van der Waals surface area (Å²) in [6.07, 6.45) is 1.02. The molecule has 0 aliphatic rings. The molecule has 0 aliphatic carbocycles. The third-order valence-electron chi connectivity index (χ3n) is 3.29. The van der Waals surface area contributed by atoms with Crippen molar-refractivity contribution in [3.05, 3.63) is 53.0 Å². The van der Waals surface area contributed by atoms with Gasteiger partial charge in [0.05, 0.1) is 6.61 Å². The normalized spacial score (nSPS) is 10.5. The van der Waals surface area contributed by atoms with Crippen molar-refractivity contribution in [3.8, 4) is 11.5 Å². The van der Waals surface area contributed by atoms with E-state index in [4.69, 9.17) is 9.47 Å². The van der Waals surface area contributed by atoms with Crippen LogP contribution in [0.15, 0.2) is 53.0 Å². The molecule has 0 saturated carbocycles. The van der Waals surface area contributed by atoms with Crippen LogP contribution in [0, 0.1) is 5.92 Å². The van der Waals surface area contributed by atoms with Crippen molar-refractivity contribution in [2.45, 2.75) is 20.3 Å². The molecule has 0 unspecified atom stereocenters. The smallest absolute Gasteiger partial charge is 0.262 e. The van der Waals surface area contributed by atoms with Crippen LogP contribution < -0.4 is 14.8 Å². The Hall–Kier alpha value is -2.01. The average Bonchev–Trinajstić information content (AvgIpc) is 2.56. The van der Waals surface area contributed by atoms with E-state index in [1.165, 1.54) is 0 Å². The number of ether oxygens (including phenoxy) is 2. The Bertz CT molecular complexity index is 639. The quantitative estimate of drug-likeness (QED) is 0.696. The van der Waals surface area contributed by atoms with Gasteiger partial charge in [-0.25, -0.2) is 0 Å². The average molecular weight is 392 g/mol. The van der Waals surface area contributed by atoms with Crippen molar-refractivity contribution in [1.29, 1.82) is 0 Å². The van der Waals surface area contributed by atoms with E-state index >= 15 is 0 Å². The lowest BCUT2D eigenvalue weighted by Crippen LogP contribution is -2.20. The van der Waals surface area contributed by atoms with E-state index < -0.39 is 0 Å². The Labute approximate surface area is 151 Å². The van der Waals surface area contributed by atoms with Gasteiger partial charge in [0.1, 0.15) is 11.5 Å². The van der Waals surface area contributed by atoms with Gasteiger partial charge in [-0.15, -0.1) is 0 Å². The minimum atomic E-state index is -0.202. The van der Waals surface area contributed by atoms with Gasteiger partial charge >= 0.3 is 0 Å². The molecule has 1 amide bonds. The molecular formula is C19H22BrNO3. The Morgan fingerprint density at radius 2 is 1.58 bits per heavy atom. The summed E-state index contributed by atoms with van der Waals surface area (Å²) in [4.78, 5) is 11.9. The summed E-state index contributed by atoms with van der Waals surface area (Å²) in [5.74, 6) is 1.88. The first-order chi connectivity index (χ1) is 11.5. The molecule has 2 aromatic carbocycles. The maximum Gasteiger partial charge on any atom is 0.262 e. The van der Waals surface area contributed by atoms with Crippen molar-refractivity contribution < 1.29 is 14.3 Å². The molecule has 0 aliphatic heterocycles. The van der Waals surface area contributed by atoms with Crippen molar-refractivity contribution in [2.24, 2.45) is 5.92 Å². The fourth-order valence-corrected chi connectivity index (χ4v) is 2.19. The molecule has 0 spiro atoms. The summed E-state index contributed by atoms with van der Waals surface area (Å²) in [7, 11) is 0. The Balaban J connectivity index is 1.76. The van der Waals surface area contributed by atoms with Gasteiger partial charge in [0.15, 0.2) is 6.61 Å². The third kappa shape index (κ3) is 6.62. The van der Waals surface area contributed by atoms with Gasteiger partial charge in [-0.2, -0.15) is 0 Å². The van der Waals surface area contributed by atoms with Gasteiger partial charge in [0.2, 0.25) is 0 Å². The second-order valence-corrected chi connectivity index (χ2v) is 6.76. The van der Waals surface area contributed by atoms with Crippen molar-refractivity contribution in [2.75, 3.05) is 18.5 Å². The highest BCUT2D eigenvalue weighted by atomic mass is 79.9. The molecule has 0 fully saturated rings. The van der Waals surface area contributed by atoms with Crippen LogP contribution in [0.3, 0.4) is 0 Å². The lowest BCUT2D eigenvalue weighted by Gasteiger charge is -2.10. The second-order valence-electron chi connectivity index (χ2n) is 5.85. The third-order valence-corrected chi connectivity index (χ3v) is 3.81. The summed E-state index contributed by atoms with van der Waals surface area (Å²) in [6, 6.07) is 14.7. The Kier molecular flexibility index (Phi) is 7.12. The molecule has 5 heteroatoms. The number of amides is 1. The van der Waals surface area contributed by atoms with Gasteiger partial charge in [-0.05, 0) is 60.9 Å². The van der Waals surface area contributed by atoms with Crippen LogP contribution in [-0.4, -0.2) is 19.1 Å². The maximum absolute atomic E-state index is 11.9. The monoisotopic (exact) mass is 391 g/mol.